The summed E-state index contributed by atoms with van der Waals surface area (Å²) in [5, 5.41) is 1.78. The van der Waals surface area contributed by atoms with Gasteiger partial charge < -0.3 is 14.6 Å². The predicted molar refractivity (Wildman–Crippen MR) is 109 cm³/mol. The molecule has 0 saturated carbocycles. The zero-order valence-electron chi connectivity index (χ0n) is 15.4. The van der Waals surface area contributed by atoms with Crippen LogP contribution in [0.1, 0.15) is 36.3 Å². The summed E-state index contributed by atoms with van der Waals surface area (Å²) in [7, 11) is 1.67. The van der Waals surface area contributed by atoms with Crippen molar-refractivity contribution in [2.75, 3.05) is 20.2 Å². The molecule has 1 aromatic heterocycles. The van der Waals surface area contributed by atoms with E-state index in [4.69, 9.17) is 16.3 Å². The number of aromatic nitrogens is 1. The molecule has 2 aromatic carbocycles. The predicted octanol–water partition coefficient (Wildman–Crippen LogP) is 4.97. The van der Waals surface area contributed by atoms with Crippen molar-refractivity contribution < 1.29 is 9.53 Å². The van der Waals surface area contributed by atoms with Crippen LogP contribution in [-0.4, -0.2) is 36.0 Å². The van der Waals surface area contributed by atoms with Crippen molar-refractivity contribution in [3.8, 4) is 5.75 Å². The van der Waals surface area contributed by atoms with Crippen molar-refractivity contribution in [1.29, 1.82) is 0 Å². The summed E-state index contributed by atoms with van der Waals surface area (Å²) >= 11 is 6.09. The zero-order valence-corrected chi connectivity index (χ0v) is 16.1. The Labute approximate surface area is 164 Å². The molecule has 0 bridgehead atoms. The van der Waals surface area contributed by atoms with E-state index in [0.29, 0.717) is 11.4 Å². The molecule has 27 heavy (non-hydrogen) atoms. The Morgan fingerprint density at radius 1 is 1.19 bits per heavy atom. The lowest BCUT2D eigenvalue weighted by Crippen LogP contribution is -2.29. The number of aromatic amines is 1. The molecule has 1 fully saturated rings. The van der Waals surface area contributed by atoms with E-state index >= 15 is 0 Å². The molecule has 3 aromatic rings. The Kier molecular flexibility index (Phi) is 5.08. The highest BCUT2D eigenvalue weighted by Gasteiger charge is 2.26. The molecule has 1 aliphatic heterocycles. The van der Waals surface area contributed by atoms with Crippen LogP contribution in [0.25, 0.3) is 10.9 Å². The quantitative estimate of drug-likeness (QED) is 0.676. The number of carbonyl (C=O) groups excluding carboxylic acids is 1. The third-order valence-electron chi connectivity index (χ3n) is 5.41. The number of methoxy groups -OCH3 is 1. The Balaban J connectivity index is 1.75. The van der Waals surface area contributed by atoms with Gasteiger partial charge in [0, 0.05) is 47.6 Å². The summed E-state index contributed by atoms with van der Waals surface area (Å²) in [5.41, 5.74) is 3.24. The van der Waals surface area contributed by atoms with Gasteiger partial charge in [-0.25, -0.2) is 0 Å². The maximum Gasteiger partial charge on any atom is 0.223 e. The monoisotopic (exact) mass is 382 g/mol. The van der Waals surface area contributed by atoms with Gasteiger partial charge in [0.05, 0.1) is 7.11 Å². The van der Waals surface area contributed by atoms with Crippen molar-refractivity contribution in [1.82, 2.24) is 9.88 Å². The number of benzene rings is 2. The van der Waals surface area contributed by atoms with Gasteiger partial charge in [0.2, 0.25) is 5.91 Å². The van der Waals surface area contributed by atoms with Gasteiger partial charge in [0.1, 0.15) is 5.75 Å². The van der Waals surface area contributed by atoms with Gasteiger partial charge in [-0.15, -0.1) is 0 Å². The zero-order chi connectivity index (χ0) is 18.8. The van der Waals surface area contributed by atoms with Gasteiger partial charge in [0.25, 0.3) is 0 Å². The number of rotatable bonds is 5. The Bertz CT molecular complexity index is 943. The summed E-state index contributed by atoms with van der Waals surface area (Å²) in [4.78, 5) is 18.2. The van der Waals surface area contributed by atoms with Gasteiger partial charge in [-0.05, 0) is 54.3 Å². The minimum absolute atomic E-state index is 0.0313. The second-order valence-corrected chi connectivity index (χ2v) is 7.49. The molecule has 5 heteroatoms. The first-order chi connectivity index (χ1) is 13.2. The highest BCUT2D eigenvalue weighted by atomic mass is 35.5. The molecule has 1 N–H and O–H groups in total. The van der Waals surface area contributed by atoms with Crippen LogP contribution in [0.4, 0.5) is 0 Å². The fraction of sp³-hybridized carbons (Fsp3) is 0.318. The number of H-pyrrole nitrogens is 1. The molecule has 4 nitrogen and oxygen atoms in total. The standard InChI is InChI=1S/C22H23ClN2O2/c1-27-17-8-9-21-19(12-17)20(14-24-21)18(15-4-6-16(23)7-5-15)13-22(26)25-10-2-3-11-25/h4-9,12,14,18,24H,2-3,10-11,13H2,1H3/t18-/m1/s1. The number of hydrogen-bond acceptors (Lipinski definition) is 2. The van der Waals surface area contributed by atoms with Crippen molar-refractivity contribution in [2.24, 2.45) is 0 Å². The molecule has 0 spiro atoms. The first kappa shape index (κ1) is 17.9. The second-order valence-electron chi connectivity index (χ2n) is 7.05. The average molecular weight is 383 g/mol. The Hall–Kier alpha value is -2.46. The lowest BCUT2D eigenvalue weighted by molar-refractivity contribution is -0.130. The maximum atomic E-state index is 12.9. The molecular formula is C22H23ClN2O2. The summed E-state index contributed by atoms with van der Waals surface area (Å²) in [5.74, 6) is 0.991. The summed E-state index contributed by atoms with van der Waals surface area (Å²) in [6.07, 6.45) is 4.66. The number of carbonyl (C=O) groups is 1. The van der Waals surface area contributed by atoms with Crippen LogP contribution in [-0.2, 0) is 4.79 Å². The van der Waals surface area contributed by atoms with Crippen LogP contribution in [0.15, 0.2) is 48.7 Å². The first-order valence-corrected chi connectivity index (χ1v) is 9.72. The van der Waals surface area contributed by atoms with E-state index in [1.165, 1.54) is 0 Å². The van der Waals surface area contributed by atoms with Gasteiger partial charge in [-0.3, -0.25) is 4.79 Å². The number of nitrogens with zero attached hydrogens (tertiary/aromatic N) is 1. The van der Waals surface area contributed by atoms with Gasteiger partial charge in [-0.2, -0.15) is 0 Å². The average Bonchev–Trinajstić information content (AvgIpc) is 3.36. The van der Waals surface area contributed by atoms with E-state index in [9.17, 15) is 4.79 Å². The highest BCUT2D eigenvalue weighted by Crippen LogP contribution is 2.36. The molecule has 1 amide bonds. The smallest absolute Gasteiger partial charge is 0.223 e. The lowest BCUT2D eigenvalue weighted by atomic mass is 9.88. The topological polar surface area (TPSA) is 45.3 Å². The Morgan fingerprint density at radius 2 is 1.93 bits per heavy atom. The van der Waals surface area contributed by atoms with Gasteiger partial charge in [-0.1, -0.05) is 23.7 Å². The largest absolute Gasteiger partial charge is 0.497 e. The highest BCUT2D eigenvalue weighted by molar-refractivity contribution is 6.30. The van der Waals surface area contributed by atoms with Gasteiger partial charge in [0.15, 0.2) is 0 Å². The molecule has 0 radical (unpaired) electrons. The summed E-state index contributed by atoms with van der Waals surface area (Å²) < 4.78 is 5.40. The minimum atomic E-state index is -0.0313. The maximum absolute atomic E-state index is 12.9. The SMILES string of the molecule is COc1ccc2[nH]cc([C@H](CC(=O)N3CCCC3)c3ccc(Cl)cc3)c2c1. The number of ether oxygens (including phenoxy) is 1. The molecule has 4 rings (SSSR count). The van der Waals surface area contributed by atoms with E-state index in [0.717, 1.165) is 53.7 Å². The van der Waals surface area contributed by atoms with E-state index in [1.54, 1.807) is 7.11 Å². The van der Waals surface area contributed by atoms with Gasteiger partial charge >= 0.3 is 0 Å². The third kappa shape index (κ3) is 3.67. The number of halogens is 1. The van der Waals surface area contributed by atoms with Crippen LogP contribution < -0.4 is 4.74 Å². The van der Waals surface area contributed by atoms with Crippen molar-refractivity contribution in [3.63, 3.8) is 0 Å². The van der Waals surface area contributed by atoms with Crippen LogP contribution in [0, 0.1) is 0 Å². The summed E-state index contributed by atoms with van der Waals surface area (Å²) in [6, 6.07) is 13.8. The van der Waals surface area contributed by atoms with Crippen molar-refractivity contribution in [3.05, 3.63) is 64.8 Å². The number of nitrogens with one attached hydrogen (secondary N) is 1. The summed E-state index contributed by atoms with van der Waals surface area (Å²) in [6.45, 7) is 1.74. The molecule has 1 aliphatic rings. The van der Waals surface area contributed by atoms with Crippen LogP contribution in [0.5, 0.6) is 5.75 Å². The van der Waals surface area contributed by atoms with Crippen LogP contribution >= 0.6 is 11.6 Å². The Morgan fingerprint density at radius 3 is 2.63 bits per heavy atom. The molecular weight excluding hydrogens is 360 g/mol. The van der Waals surface area contributed by atoms with E-state index < -0.39 is 0 Å². The van der Waals surface area contributed by atoms with E-state index in [1.807, 2.05) is 53.6 Å². The molecule has 0 unspecified atom stereocenters. The minimum Gasteiger partial charge on any atom is -0.497 e. The molecule has 140 valence electrons. The fourth-order valence-electron chi connectivity index (χ4n) is 3.91. The normalized spacial score (nSPS) is 15.3. The van der Waals surface area contributed by atoms with E-state index in [-0.39, 0.29) is 11.8 Å². The third-order valence-corrected chi connectivity index (χ3v) is 5.66. The molecule has 2 heterocycles. The van der Waals surface area contributed by atoms with Crippen LogP contribution in [0.3, 0.4) is 0 Å². The van der Waals surface area contributed by atoms with Crippen LogP contribution in [0.2, 0.25) is 5.02 Å². The molecule has 0 aliphatic carbocycles. The fourth-order valence-corrected chi connectivity index (χ4v) is 4.04. The number of hydrogen-bond donors (Lipinski definition) is 1. The second kappa shape index (κ2) is 7.65. The van der Waals surface area contributed by atoms with Crippen molar-refractivity contribution in [2.45, 2.75) is 25.2 Å². The van der Waals surface area contributed by atoms with E-state index in [2.05, 4.69) is 4.98 Å². The number of likely N-dealkylation sites (tertiary alicyclic amines) is 1. The first-order valence-electron chi connectivity index (χ1n) is 9.34. The lowest BCUT2D eigenvalue weighted by Gasteiger charge is -2.21. The molecule has 1 atom stereocenters. The number of fused-ring (bicyclic) bond motifs is 1. The van der Waals surface area contributed by atoms with Crippen molar-refractivity contribution >= 4 is 28.4 Å². The molecule has 1 saturated heterocycles. The number of amides is 1.